The molecule has 2 rings (SSSR count). The Morgan fingerprint density at radius 3 is 2.09 bits per heavy atom. The van der Waals surface area contributed by atoms with Crippen molar-refractivity contribution in [1.82, 2.24) is 0 Å². The molecule has 1 aliphatic heterocycles. The second-order valence-electron chi connectivity index (χ2n) is 7.69. The van der Waals surface area contributed by atoms with Crippen molar-refractivity contribution in [3.63, 3.8) is 0 Å². The number of halogens is 1. The highest BCUT2D eigenvalue weighted by Gasteiger charge is 2.38. The van der Waals surface area contributed by atoms with E-state index in [-0.39, 0.29) is 24.1 Å². The quantitative estimate of drug-likeness (QED) is 0.673. The van der Waals surface area contributed by atoms with Gasteiger partial charge in [-0.1, -0.05) is 12.2 Å². The highest BCUT2D eigenvalue weighted by atomic mass is 19.1. The Balaban J connectivity index is 1.78. The van der Waals surface area contributed by atoms with Gasteiger partial charge in [0.2, 0.25) is 0 Å². The summed E-state index contributed by atoms with van der Waals surface area (Å²) in [5.74, 6) is 0. The van der Waals surface area contributed by atoms with E-state index in [9.17, 15) is 4.39 Å². The second-order valence-corrected chi connectivity index (χ2v) is 7.69. The van der Waals surface area contributed by atoms with Gasteiger partial charge in [0.05, 0.1) is 24.4 Å². The zero-order valence-electron chi connectivity index (χ0n) is 14.4. The SMILES string of the molecule is CC(C)(F)CCOC(C)(C)C[C@H]1O[C@H]2CC/C=C/CC[C@H]2O1. The lowest BCUT2D eigenvalue weighted by Gasteiger charge is -2.28. The predicted molar refractivity (Wildman–Crippen MR) is 85.6 cm³/mol. The maximum Gasteiger partial charge on any atom is 0.161 e. The molecule has 1 aliphatic carbocycles. The van der Waals surface area contributed by atoms with Gasteiger partial charge in [0.25, 0.3) is 0 Å². The minimum absolute atomic E-state index is 0.204. The van der Waals surface area contributed by atoms with E-state index in [1.54, 1.807) is 13.8 Å². The average molecular weight is 314 g/mol. The molecule has 0 aromatic carbocycles. The summed E-state index contributed by atoms with van der Waals surface area (Å²) in [6, 6.07) is 0. The van der Waals surface area contributed by atoms with E-state index in [1.807, 2.05) is 13.8 Å². The topological polar surface area (TPSA) is 27.7 Å². The molecule has 3 nitrogen and oxygen atoms in total. The van der Waals surface area contributed by atoms with Crippen molar-refractivity contribution in [2.24, 2.45) is 0 Å². The van der Waals surface area contributed by atoms with Gasteiger partial charge in [-0.2, -0.15) is 0 Å². The van der Waals surface area contributed by atoms with Gasteiger partial charge < -0.3 is 14.2 Å². The first-order chi connectivity index (χ1) is 10.3. The van der Waals surface area contributed by atoms with Gasteiger partial charge in [0.1, 0.15) is 5.67 Å². The first kappa shape index (κ1) is 17.9. The van der Waals surface area contributed by atoms with Crippen molar-refractivity contribution < 1.29 is 18.6 Å². The Morgan fingerprint density at radius 1 is 1.05 bits per heavy atom. The molecule has 0 spiro atoms. The van der Waals surface area contributed by atoms with Crippen LogP contribution < -0.4 is 0 Å². The second kappa shape index (κ2) is 7.41. The fourth-order valence-corrected chi connectivity index (χ4v) is 2.99. The summed E-state index contributed by atoms with van der Waals surface area (Å²) in [6.07, 6.45) is 9.92. The third kappa shape index (κ3) is 5.98. The average Bonchev–Trinajstić information content (AvgIpc) is 2.68. The van der Waals surface area contributed by atoms with Crippen LogP contribution in [0.4, 0.5) is 4.39 Å². The van der Waals surface area contributed by atoms with E-state index in [0.717, 1.165) is 25.7 Å². The van der Waals surface area contributed by atoms with E-state index in [0.29, 0.717) is 19.4 Å². The molecule has 4 heteroatoms. The van der Waals surface area contributed by atoms with E-state index in [2.05, 4.69) is 12.2 Å². The smallest absolute Gasteiger partial charge is 0.161 e. The monoisotopic (exact) mass is 314 g/mol. The Bertz CT molecular complexity index is 355. The summed E-state index contributed by atoms with van der Waals surface area (Å²) >= 11 is 0. The summed E-state index contributed by atoms with van der Waals surface area (Å²) in [6.45, 7) is 7.62. The van der Waals surface area contributed by atoms with Crippen molar-refractivity contribution in [3.8, 4) is 0 Å². The van der Waals surface area contributed by atoms with Crippen LogP contribution in [0.1, 0.15) is 66.2 Å². The molecule has 0 unspecified atom stereocenters. The van der Waals surface area contributed by atoms with Crippen LogP contribution in [-0.4, -0.2) is 36.4 Å². The molecule has 128 valence electrons. The number of ether oxygens (including phenoxy) is 3. The summed E-state index contributed by atoms with van der Waals surface area (Å²) < 4.78 is 31.5. The van der Waals surface area contributed by atoms with Crippen LogP contribution in [0.25, 0.3) is 0 Å². The minimum Gasteiger partial charge on any atom is -0.375 e. The Morgan fingerprint density at radius 2 is 1.59 bits per heavy atom. The predicted octanol–water partition coefficient (Wildman–Crippen LogP) is 4.55. The van der Waals surface area contributed by atoms with Crippen LogP contribution in [0.5, 0.6) is 0 Å². The molecule has 0 aromatic rings. The molecule has 0 amide bonds. The number of rotatable bonds is 6. The van der Waals surface area contributed by atoms with Crippen molar-refractivity contribution in [3.05, 3.63) is 12.2 Å². The number of hydrogen-bond donors (Lipinski definition) is 0. The molecule has 1 heterocycles. The molecule has 2 aliphatic rings. The largest absolute Gasteiger partial charge is 0.375 e. The lowest BCUT2D eigenvalue weighted by Crippen LogP contribution is -2.32. The number of fused-ring (bicyclic) bond motifs is 1. The maximum absolute atomic E-state index is 13.5. The Hall–Kier alpha value is -0.450. The third-order valence-corrected chi connectivity index (χ3v) is 4.32. The first-order valence-corrected chi connectivity index (χ1v) is 8.54. The molecule has 22 heavy (non-hydrogen) atoms. The van der Waals surface area contributed by atoms with Gasteiger partial charge in [-0.05, 0) is 53.4 Å². The fourth-order valence-electron chi connectivity index (χ4n) is 2.99. The normalized spacial score (nSPS) is 31.4. The number of alkyl halides is 1. The lowest BCUT2D eigenvalue weighted by atomic mass is 10.0. The van der Waals surface area contributed by atoms with Crippen molar-refractivity contribution in [1.29, 1.82) is 0 Å². The molecule has 0 saturated carbocycles. The van der Waals surface area contributed by atoms with Crippen molar-refractivity contribution >= 4 is 0 Å². The zero-order valence-corrected chi connectivity index (χ0v) is 14.4. The van der Waals surface area contributed by atoms with E-state index in [4.69, 9.17) is 14.2 Å². The molecule has 3 atom stereocenters. The summed E-state index contributed by atoms with van der Waals surface area (Å²) in [5, 5.41) is 0. The van der Waals surface area contributed by atoms with Gasteiger partial charge in [0, 0.05) is 12.8 Å². The van der Waals surface area contributed by atoms with E-state index < -0.39 is 5.67 Å². The molecule has 0 aromatic heterocycles. The summed E-state index contributed by atoms with van der Waals surface area (Å²) in [7, 11) is 0. The molecule has 1 fully saturated rings. The molecular formula is C18H31FO3. The standard InChI is InChI=1S/C18H31FO3/c1-17(2,19)11-12-20-18(3,4)13-16-21-14-9-7-5-6-8-10-15(14)22-16/h5-6,14-16H,7-13H2,1-4H3/b6-5+/t14-,15+,16-. The molecule has 0 bridgehead atoms. The van der Waals surface area contributed by atoms with Gasteiger partial charge >= 0.3 is 0 Å². The van der Waals surface area contributed by atoms with Crippen LogP contribution in [0.3, 0.4) is 0 Å². The number of allylic oxidation sites excluding steroid dienone is 2. The molecule has 0 radical (unpaired) electrons. The van der Waals surface area contributed by atoms with Gasteiger partial charge in [-0.3, -0.25) is 0 Å². The van der Waals surface area contributed by atoms with Gasteiger partial charge in [0.15, 0.2) is 6.29 Å². The summed E-state index contributed by atoms with van der Waals surface area (Å²) in [4.78, 5) is 0. The highest BCUT2D eigenvalue weighted by molar-refractivity contribution is 4.91. The van der Waals surface area contributed by atoms with Crippen molar-refractivity contribution in [2.45, 2.75) is 96.0 Å². The first-order valence-electron chi connectivity index (χ1n) is 8.54. The van der Waals surface area contributed by atoms with Crippen LogP contribution >= 0.6 is 0 Å². The highest BCUT2D eigenvalue weighted by Crippen LogP contribution is 2.32. The molecular weight excluding hydrogens is 283 g/mol. The van der Waals surface area contributed by atoms with Crippen LogP contribution in [0.15, 0.2) is 12.2 Å². The van der Waals surface area contributed by atoms with E-state index in [1.165, 1.54) is 0 Å². The van der Waals surface area contributed by atoms with Gasteiger partial charge in [-0.15, -0.1) is 0 Å². The minimum atomic E-state index is -1.19. The van der Waals surface area contributed by atoms with Crippen LogP contribution in [0, 0.1) is 0 Å². The molecule has 0 N–H and O–H groups in total. The van der Waals surface area contributed by atoms with E-state index >= 15 is 0 Å². The Kier molecular flexibility index (Phi) is 6.03. The molecule has 1 saturated heterocycles. The number of hydrogen-bond acceptors (Lipinski definition) is 3. The summed E-state index contributed by atoms with van der Waals surface area (Å²) in [5.41, 5.74) is -1.55. The van der Waals surface area contributed by atoms with Crippen LogP contribution in [-0.2, 0) is 14.2 Å². The van der Waals surface area contributed by atoms with Crippen molar-refractivity contribution in [2.75, 3.05) is 6.61 Å². The zero-order chi connectivity index (χ0) is 16.2. The maximum atomic E-state index is 13.5. The Labute approximate surface area is 134 Å². The fraction of sp³-hybridized carbons (Fsp3) is 0.889. The van der Waals surface area contributed by atoms with Crippen LogP contribution in [0.2, 0.25) is 0 Å². The van der Waals surface area contributed by atoms with Gasteiger partial charge in [-0.25, -0.2) is 4.39 Å². The lowest BCUT2D eigenvalue weighted by molar-refractivity contribution is -0.129. The third-order valence-electron chi connectivity index (χ3n) is 4.32.